The fraction of sp³-hybridized carbons (Fsp3) is 0.500. The Morgan fingerprint density at radius 3 is 2.35 bits per heavy atom. The third-order valence-electron chi connectivity index (χ3n) is 6.65. The van der Waals surface area contributed by atoms with E-state index in [-0.39, 0.29) is 5.41 Å². The Balaban J connectivity index is 1.71. The van der Waals surface area contributed by atoms with E-state index in [2.05, 4.69) is 11.1 Å². The highest BCUT2D eigenvalue weighted by molar-refractivity contribution is 6.00. The molecule has 0 spiro atoms. The van der Waals surface area contributed by atoms with E-state index in [1.807, 2.05) is 18.2 Å². The van der Waals surface area contributed by atoms with Gasteiger partial charge in [0.15, 0.2) is 6.29 Å². The average molecular weight is 304 g/mol. The largest absolute Gasteiger partial charge is 0.357 e. The van der Waals surface area contributed by atoms with Crippen LogP contribution >= 0.6 is 0 Å². The number of nitriles is 1. The van der Waals surface area contributed by atoms with Gasteiger partial charge in [-0.3, -0.25) is 4.79 Å². The minimum absolute atomic E-state index is 0.177. The summed E-state index contributed by atoms with van der Waals surface area (Å²) >= 11 is 0. The highest BCUT2D eigenvalue weighted by atomic mass is 16.1. The molecule has 4 fully saturated rings. The number of hydrogen-bond acceptors (Lipinski definition) is 2. The van der Waals surface area contributed by atoms with Crippen LogP contribution in [0.1, 0.15) is 60.1 Å². The lowest BCUT2D eigenvalue weighted by molar-refractivity contribution is -0.00710. The van der Waals surface area contributed by atoms with Crippen molar-refractivity contribution in [3.05, 3.63) is 35.0 Å². The maximum atomic E-state index is 11.9. The van der Waals surface area contributed by atoms with E-state index in [0.29, 0.717) is 5.56 Å². The lowest BCUT2D eigenvalue weighted by Crippen LogP contribution is -2.49. The van der Waals surface area contributed by atoms with Crippen LogP contribution in [0.4, 0.5) is 0 Å². The molecular weight excluding hydrogens is 284 g/mol. The number of benzene rings is 1. The maximum Gasteiger partial charge on any atom is 0.152 e. The molecule has 1 N–H and O–H groups in total. The topological polar surface area (TPSA) is 56.6 Å². The number of H-pyrrole nitrogens is 1. The van der Waals surface area contributed by atoms with Gasteiger partial charge < -0.3 is 4.98 Å². The summed E-state index contributed by atoms with van der Waals surface area (Å²) in [5.41, 5.74) is 3.76. The van der Waals surface area contributed by atoms with Crippen molar-refractivity contribution in [2.75, 3.05) is 0 Å². The summed E-state index contributed by atoms with van der Waals surface area (Å²) in [7, 11) is 0. The van der Waals surface area contributed by atoms with Gasteiger partial charge in [-0.05, 0) is 74.5 Å². The molecule has 4 aliphatic rings. The van der Waals surface area contributed by atoms with Crippen LogP contribution in [-0.4, -0.2) is 11.3 Å². The van der Waals surface area contributed by atoms with Gasteiger partial charge in [-0.2, -0.15) is 5.26 Å². The molecule has 4 bridgehead atoms. The summed E-state index contributed by atoms with van der Waals surface area (Å²) in [5.74, 6) is 2.55. The van der Waals surface area contributed by atoms with Crippen molar-refractivity contribution in [1.29, 1.82) is 5.26 Å². The van der Waals surface area contributed by atoms with E-state index in [4.69, 9.17) is 5.26 Å². The van der Waals surface area contributed by atoms with Crippen LogP contribution in [0, 0.1) is 29.1 Å². The molecule has 1 aromatic carbocycles. The Bertz CT molecular complexity index is 819. The number of fused-ring (bicyclic) bond motifs is 1. The Morgan fingerprint density at radius 2 is 1.78 bits per heavy atom. The number of aldehydes is 1. The molecule has 3 heteroatoms. The number of nitrogens with one attached hydrogen (secondary N) is 1. The molecule has 1 heterocycles. The molecule has 0 aliphatic heterocycles. The fourth-order valence-corrected chi connectivity index (χ4v) is 6.24. The van der Waals surface area contributed by atoms with Crippen molar-refractivity contribution in [2.24, 2.45) is 17.8 Å². The Labute approximate surface area is 135 Å². The molecule has 2 aromatic rings. The van der Waals surface area contributed by atoms with Gasteiger partial charge in [-0.15, -0.1) is 0 Å². The van der Waals surface area contributed by atoms with Gasteiger partial charge in [0.2, 0.25) is 0 Å². The molecule has 6 rings (SSSR count). The number of carbonyl (C=O) groups is 1. The predicted octanol–water partition coefficient (Wildman–Crippen LogP) is 4.32. The number of rotatable bonds is 2. The minimum Gasteiger partial charge on any atom is -0.357 e. The molecule has 0 radical (unpaired) electrons. The van der Waals surface area contributed by atoms with Gasteiger partial charge in [0, 0.05) is 27.6 Å². The molecule has 1 aromatic heterocycles. The van der Waals surface area contributed by atoms with Crippen LogP contribution in [0.25, 0.3) is 10.9 Å². The van der Waals surface area contributed by atoms with Crippen molar-refractivity contribution < 1.29 is 4.79 Å². The van der Waals surface area contributed by atoms with Crippen LogP contribution in [0.5, 0.6) is 0 Å². The number of carbonyl (C=O) groups excluding carboxylic acids is 1. The molecule has 0 saturated heterocycles. The van der Waals surface area contributed by atoms with E-state index >= 15 is 0 Å². The third-order valence-corrected chi connectivity index (χ3v) is 6.65. The first kappa shape index (κ1) is 13.4. The number of hydrogen-bond donors (Lipinski definition) is 1. The van der Waals surface area contributed by atoms with Gasteiger partial charge >= 0.3 is 0 Å². The Morgan fingerprint density at radius 1 is 1.13 bits per heavy atom. The van der Waals surface area contributed by atoms with E-state index in [1.165, 1.54) is 38.5 Å². The summed E-state index contributed by atoms with van der Waals surface area (Å²) in [6.07, 6.45) is 8.90. The minimum atomic E-state index is 0.177. The van der Waals surface area contributed by atoms with Crippen molar-refractivity contribution in [3.8, 4) is 6.07 Å². The molecular formula is C20H20N2O. The SMILES string of the molecule is N#Cc1ccc2[nH]c(C34CC5CC(CC(C5)C3)C4)c(C=O)c2c1. The summed E-state index contributed by atoms with van der Waals surface area (Å²) < 4.78 is 0. The summed E-state index contributed by atoms with van der Waals surface area (Å²) in [4.78, 5) is 15.5. The molecule has 4 aliphatic carbocycles. The van der Waals surface area contributed by atoms with Crippen molar-refractivity contribution in [3.63, 3.8) is 0 Å². The zero-order valence-electron chi connectivity index (χ0n) is 13.1. The van der Waals surface area contributed by atoms with Crippen molar-refractivity contribution in [2.45, 2.75) is 43.9 Å². The molecule has 23 heavy (non-hydrogen) atoms. The number of nitrogens with zero attached hydrogens (tertiary/aromatic N) is 1. The molecule has 3 nitrogen and oxygen atoms in total. The molecule has 0 amide bonds. The maximum absolute atomic E-state index is 11.9. The van der Waals surface area contributed by atoms with E-state index < -0.39 is 0 Å². The quantitative estimate of drug-likeness (QED) is 0.840. The van der Waals surface area contributed by atoms with Gasteiger partial charge in [-0.1, -0.05) is 0 Å². The first-order valence-corrected chi connectivity index (χ1v) is 8.72. The van der Waals surface area contributed by atoms with E-state index in [1.54, 1.807) is 0 Å². The lowest BCUT2D eigenvalue weighted by Gasteiger charge is -2.56. The second-order valence-corrected chi connectivity index (χ2v) is 8.10. The average Bonchev–Trinajstić information content (AvgIpc) is 2.92. The Hall–Kier alpha value is -2.08. The number of aromatic amines is 1. The van der Waals surface area contributed by atoms with Gasteiger partial charge in [0.1, 0.15) is 0 Å². The van der Waals surface area contributed by atoms with Gasteiger partial charge in [0.05, 0.1) is 11.6 Å². The zero-order valence-corrected chi connectivity index (χ0v) is 13.1. The summed E-state index contributed by atoms with van der Waals surface area (Å²) in [6.45, 7) is 0. The zero-order chi connectivity index (χ0) is 15.6. The highest BCUT2D eigenvalue weighted by Gasteiger charge is 2.53. The molecule has 4 saturated carbocycles. The summed E-state index contributed by atoms with van der Waals surface area (Å²) in [6, 6.07) is 7.83. The van der Waals surface area contributed by atoms with Crippen LogP contribution in [0.2, 0.25) is 0 Å². The second-order valence-electron chi connectivity index (χ2n) is 8.10. The highest BCUT2D eigenvalue weighted by Crippen LogP contribution is 2.61. The Kier molecular flexibility index (Phi) is 2.60. The van der Waals surface area contributed by atoms with Crippen LogP contribution in [0.3, 0.4) is 0 Å². The first-order chi connectivity index (χ1) is 11.2. The third kappa shape index (κ3) is 1.78. The summed E-state index contributed by atoms with van der Waals surface area (Å²) in [5, 5.41) is 10.1. The van der Waals surface area contributed by atoms with Gasteiger partial charge in [-0.25, -0.2) is 0 Å². The normalized spacial score (nSPS) is 34.7. The first-order valence-electron chi connectivity index (χ1n) is 8.72. The van der Waals surface area contributed by atoms with Crippen LogP contribution in [-0.2, 0) is 5.41 Å². The monoisotopic (exact) mass is 304 g/mol. The standard InChI is InChI=1S/C20H20N2O/c21-10-12-1-2-18-16(6-12)17(11-23)19(22-18)20-7-13-3-14(8-20)5-15(4-13)9-20/h1-2,6,11,13-15,22H,3-5,7-9H2. The molecule has 0 atom stereocenters. The van der Waals surface area contributed by atoms with Crippen molar-refractivity contribution in [1.82, 2.24) is 4.98 Å². The predicted molar refractivity (Wildman–Crippen MR) is 88.3 cm³/mol. The van der Waals surface area contributed by atoms with Crippen molar-refractivity contribution >= 4 is 17.2 Å². The molecule has 116 valence electrons. The smallest absolute Gasteiger partial charge is 0.152 e. The van der Waals surface area contributed by atoms with Crippen LogP contribution < -0.4 is 0 Å². The number of aromatic nitrogens is 1. The second kappa shape index (κ2) is 4.47. The molecule has 0 unspecified atom stereocenters. The lowest BCUT2D eigenvalue weighted by atomic mass is 9.48. The fourth-order valence-electron chi connectivity index (χ4n) is 6.24. The van der Waals surface area contributed by atoms with Gasteiger partial charge in [0.25, 0.3) is 0 Å². The van der Waals surface area contributed by atoms with E-state index in [0.717, 1.165) is 46.2 Å². The van der Waals surface area contributed by atoms with E-state index in [9.17, 15) is 4.79 Å². The van der Waals surface area contributed by atoms with Crippen LogP contribution in [0.15, 0.2) is 18.2 Å².